The Bertz CT molecular complexity index is 647. The second-order valence-electron chi connectivity index (χ2n) is 4.98. The topological polar surface area (TPSA) is 50.4 Å². The molecule has 0 saturated carbocycles. The molecule has 0 saturated heterocycles. The number of anilines is 1. The molecule has 0 aromatic heterocycles. The molecular weight excluding hydrogens is 429 g/mol. The summed E-state index contributed by atoms with van der Waals surface area (Å²) in [6, 6.07) is 11.9. The number of nitrogens with one attached hydrogen (secondary N) is 1. The van der Waals surface area contributed by atoms with Gasteiger partial charge in [-0.05, 0) is 60.9 Å². The van der Waals surface area contributed by atoms with Gasteiger partial charge in [-0.3, -0.25) is 0 Å². The van der Waals surface area contributed by atoms with Crippen LogP contribution in [0.2, 0.25) is 5.02 Å². The SMILES string of the molecule is Br.Cc1cc(C)cc(NC(N)=NCc2cc(Cl)cc(Br)c2)c1. The van der Waals surface area contributed by atoms with Crippen molar-refractivity contribution in [2.24, 2.45) is 10.7 Å². The maximum Gasteiger partial charge on any atom is 0.193 e. The van der Waals surface area contributed by atoms with E-state index < -0.39 is 0 Å². The summed E-state index contributed by atoms with van der Waals surface area (Å²) < 4.78 is 0.932. The quantitative estimate of drug-likeness (QED) is 0.500. The molecule has 2 aromatic rings. The number of aryl methyl sites for hydroxylation is 2. The van der Waals surface area contributed by atoms with Crippen molar-refractivity contribution in [3.63, 3.8) is 0 Å². The Morgan fingerprint density at radius 3 is 2.36 bits per heavy atom. The molecule has 0 atom stereocenters. The lowest BCUT2D eigenvalue weighted by atomic mass is 10.1. The number of halogens is 3. The molecule has 3 nitrogen and oxygen atoms in total. The normalized spacial score (nSPS) is 11.0. The lowest BCUT2D eigenvalue weighted by molar-refractivity contribution is 1.06. The molecule has 6 heteroatoms. The molecular formula is C16H18Br2ClN3. The van der Waals surface area contributed by atoms with Gasteiger partial charge in [0.25, 0.3) is 0 Å². The van der Waals surface area contributed by atoms with Crippen molar-refractivity contribution in [2.45, 2.75) is 20.4 Å². The van der Waals surface area contributed by atoms with Gasteiger partial charge in [0.2, 0.25) is 0 Å². The molecule has 0 unspecified atom stereocenters. The van der Waals surface area contributed by atoms with Gasteiger partial charge in [0.1, 0.15) is 0 Å². The number of nitrogens with two attached hydrogens (primary N) is 1. The summed E-state index contributed by atoms with van der Waals surface area (Å²) in [6.45, 7) is 4.58. The zero-order chi connectivity index (χ0) is 15.4. The highest BCUT2D eigenvalue weighted by Gasteiger charge is 2.00. The van der Waals surface area contributed by atoms with Gasteiger partial charge in [-0.2, -0.15) is 0 Å². The molecule has 2 aromatic carbocycles. The smallest absolute Gasteiger partial charge is 0.193 e. The van der Waals surface area contributed by atoms with Crippen molar-refractivity contribution in [3.8, 4) is 0 Å². The van der Waals surface area contributed by atoms with Crippen LogP contribution in [0.1, 0.15) is 16.7 Å². The van der Waals surface area contributed by atoms with Crippen molar-refractivity contribution >= 4 is 56.2 Å². The molecule has 0 heterocycles. The fourth-order valence-corrected chi connectivity index (χ4v) is 3.04. The minimum absolute atomic E-state index is 0. The third-order valence-corrected chi connectivity index (χ3v) is 3.52. The van der Waals surface area contributed by atoms with E-state index in [9.17, 15) is 0 Å². The van der Waals surface area contributed by atoms with Crippen molar-refractivity contribution in [2.75, 3.05) is 5.32 Å². The predicted octanol–water partition coefficient (Wildman–Crippen LogP) is 5.22. The van der Waals surface area contributed by atoms with Gasteiger partial charge in [-0.25, -0.2) is 4.99 Å². The second-order valence-corrected chi connectivity index (χ2v) is 6.33. The van der Waals surface area contributed by atoms with E-state index in [0.29, 0.717) is 17.5 Å². The van der Waals surface area contributed by atoms with Gasteiger partial charge >= 0.3 is 0 Å². The van der Waals surface area contributed by atoms with Crippen LogP contribution in [-0.4, -0.2) is 5.96 Å². The molecule has 0 fully saturated rings. The number of rotatable bonds is 3. The van der Waals surface area contributed by atoms with Crippen LogP contribution in [0.5, 0.6) is 0 Å². The number of benzene rings is 2. The standard InChI is InChI=1S/C16H17BrClN3.BrH/c1-10-3-11(2)5-15(4-10)21-16(19)20-9-12-6-13(17)8-14(18)7-12;/h3-8H,9H2,1-2H3,(H3,19,20,21);1H. The van der Waals surface area contributed by atoms with Crippen LogP contribution in [0.15, 0.2) is 45.9 Å². The largest absolute Gasteiger partial charge is 0.370 e. The first-order valence-electron chi connectivity index (χ1n) is 6.52. The van der Waals surface area contributed by atoms with Gasteiger partial charge in [-0.15, -0.1) is 17.0 Å². The summed E-state index contributed by atoms with van der Waals surface area (Å²) in [7, 11) is 0. The highest BCUT2D eigenvalue weighted by atomic mass is 79.9. The van der Waals surface area contributed by atoms with Crippen LogP contribution in [0.3, 0.4) is 0 Å². The Morgan fingerprint density at radius 1 is 1.14 bits per heavy atom. The van der Waals surface area contributed by atoms with Crippen LogP contribution in [0.4, 0.5) is 5.69 Å². The van der Waals surface area contributed by atoms with E-state index >= 15 is 0 Å². The molecule has 118 valence electrons. The molecule has 22 heavy (non-hydrogen) atoms. The van der Waals surface area contributed by atoms with E-state index in [2.05, 4.69) is 46.2 Å². The predicted molar refractivity (Wildman–Crippen MR) is 104 cm³/mol. The first kappa shape index (κ1) is 19.0. The van der Waals surface area contributed by atoms with Crippen molar-refractivity contribution in [1.82, 2.24) is 0 Å². The Hall–Kier alpha value is -1.04. The Kier molecular flexibility index (Phi) is 7.39. The van der Waals surface area contributed by atoms with Crippen molar-refractivity contribution in [3.05, 3.63) is 62.6 Å². The molecule has 0 bridgehead atoms. The van der Waals surface area contributed by atoms with Gasteiger partial charge < -0.3 is 11.1 Å². The molecule has 0 spiro atoms. The number of aliphatic imine (C=N–C) groups is 1. The van der Waals surface area contributed by atoms with E-state index in [0.717, 1.165) is 15.7 Å². The third kappa shape index (κ3) is 5.99. The first-order valence-corrected chi connectivity index (χ1v) is 7.70. The summed E-state index contributed by atoms with van der Waals surface area (Å²) in [5.74, 6) is 0.385. The van der Waals surface area contributed by atoms with Crippen LogP contribution >= 0.6 is 44.5 Å². The average molecular weight is 448 g/mol. The van der Waals surface area contributed by atoms with E-state index in [1.54, 1.807) is 0 Å². The second kappa shape index (κ2) is 8.56. The molecule has 0 aliphatic heterocycles. The molecule has 3 N–H and O–H groups in total. The highest BCUT2D eigenvalue weighted by Crippen LogP contribution is 2.20. The monoisotopic (exact) mass is 445 g/mol. The fourth-order valence-electron chi connectivity index (χ4n) is 2.11. The van der Waals surface area contributed by atoms with Crippen molar-refractivity contribution < 1.29 is 0 Å². The maximum absolute atomic E-state index is 6.00. The minimum atomic E-state index is 0. The number of guanidine groups is 1. The van der Waals surface area contributed by atoms with E-state index in [-0.39, 0.29) is 17.0 Å². The maximum atomic E-state index is 6.00. The van der Waals surface area contributed by atoms with Crippen LogP contribution < -0.4 is 11.1 Å². The molecule has 0 aliphatic rings. The molecule has 0 amide bonds. The Morgan fingerprint density at radius 2 is 1.77 bits per heavy atom. The Balaban J connectivity index is 0.00000242. The van der Waals surface area contributed by atoms with Gasteiger partial charge in [0.05, 0.1) is 6.54 Å². The minimum Gasteiger partial charge on any atom is -0.370 e. The van der Waals surface area contributed by atoms with Gasteiger partial charge in [0.15, 0.2) is 5.96 Å². The van der Waals surface area contributed by atoms with Gasteiger partial charge in [0, 0.05) is 15.2 Å². The summed E-state index contributed by atoms with van der Waals surface area (Å²) in [4.78, 5) is 4.34. The first-order chi connectivity index (χ1) is 9.92. The zero-order valence-electron chi connectivity index (χ0n) is 12.4. The zero-order valence-corrected chi connectivity index (χ0v) is 16.4. The molecule has 2 rings (SSSR count). The van der Waals surface area contributed by atoms with Crippen molar-refractivity contribution in [1.29, 1.82) is 0 Å². The number of nitrogens with zero attached hydrogens (tertiary/aromatic N) is 1. The summed E-state index contributed by atoms with van der Waals surface area (Å²) in [6.07, 6.45) is 0. The van der Waals surface area contributed by atoms with Crippen LogP contribution in [0.25, 0.3) is 0 Å². The third-order valence-electron chi connectivity index (χ3n) is 2.85. The van der Waals surface area contributed by atoms with E-state index in [1.165, 1.54) is 11.1 Å². The van der Waals surface area contributed by atoms with Crippen LogP contribution in [-0.2, 0) is 6.54 Å². The molecule has 0 aliphatic carbocycles. The van der Waals surface area contributed by atoms with E-state index in [4.69, 9.17) is 17.3 Å². The number of hydrogen-bond acceptors (Lipinski definition) is 1. The number of hydrogen-bond donors (Lipinski definition) is 2. The summed E-state index contributed by atoms with van der Waals surface area (Å²) in [5, 5.41) is 3.78. The van der Waals surface area contributed by atoms with E-state index in [1.807, 2.05) is 30.3 Å². The Labute approximate surface area is 154 Å². The molecule has 0 radical (unpaired) electrons. The summed E-state index contributed by atoms with van der Waals surface area (Å²) in [5.41, 5.74) is 10.2. The lowest BCUT2D eigenvalue weighted by Gasteiger charge is -2.08. The van der Waals surface area contributed by atoms with Crippen LogP contribution in [0, 0.1) is 13.8 Å². The lowest BCUT2D eigenvalue weighted by Crippen LogP contribution is -2.22. The average Bonchev–Trinajstić information content (AvgIpc) is 2.34. The fraction of sp³-hybridized carbons (Fsp3) is 0.188. The summed E-state index contributed by atoms with van der Waals surface area (Å²) >= 11 is 9.41. The van der Waals surface area contributed by atoms with Gasteiger partial charge in [-0.1, -0.05) is 33.6 Å². The highest BCUT2D eigenvalue weighted by molar-refractivity contribution is 9.10.